The van der Waals surface area contributed by atoms with Crippen molar-refractivity contribution in [2.24, 2.45) is 4.99 Å². The van der Waals surface area contributed by atoms with E-state index in [0.717, 1.165) is 29.7 Å². The van der Waals surface area contributed by atoms with Gasteiger partial charge in [-0.25, -0.2) is 4.39 Å². The molecule has 0 spiro atoms. The molecule has 1 aliphatic heterocycles. The van der Waals surface area contributed by atoms with Crippen molar-refractivity contribution in [2.45, 2.75) is 0 Å². The van der Waals surface area contributed by atoms with E-state index >= 15 is 0 Å². The molecule has 0 aliphatic carbocycles. The van der Waals surface area contributed by atoms with Gasteiger partial charge in [-0.15, -0.1) is 0 Å². The standard InChI is InChI=1S/C21H20FIN4O2/c1-26-6-8-27(9-7-26)19-5-3-14(11-18(19)22)24-12-17-16-10-13(23)2-4-15(16)20(28)25-21(17)29/h2-5,10-12H,6-9H2,1H3,(H2,25,28,29). The summed E-state index contributed by atoms with van der Waals surface area (Å²) < 4.78 is 15.6. The minimum absolute atomic E-state index is 0.261. The zero-order chi connectivity index (χ0) is 20.5. The van der Waals surface area contributed by atoms with Crippen LogP contribution in [0.25, 0.3) is 10.8 Å². The molecule has 0 saturated carbocycles. The van der Waals surface area contributed by atoms with Crippen molar-refractivity contribution in [3.63, 3.8) is 0 Å². The second kappa shape index (κ2) is 8.11. The summed E-state index contributed by atoms with van der Waals surface area (Å²) in [6, 6.07) is 10.2. The molecule has 1 saturated heterocycles. The molecule has 0 atom stereocenters. The summed E-state index contributed by atoms with van der Waals surface area (Å²) in [6.45, 7) is 3.37. The average Bonchev–Trinajstić information content (AvgIpc) is 2.68. The average molecular weight is 506 g/mol. The molecule has 150 valence electrons. The first-order chi connectivity index (χ1) is 13.9. The van der Waals surface area contributed by atoms with Crippen molar-refractivity contribution in [3.8, 4) is 5.88 Å². The smallest absolute Gasteiger partial charge is 0.258 e. The second-order valence-corrected chi connectivity index (χ2v) is 8.34. The third-order valence-electron chi connectivity index (χ3n) is 5.12. The number of fused-ring (bicyclic) bond motifs is 1. The Morgan fingerprint density at radius 3 is 2.62 bits per heavy atom. The number of nitrogens with zero attached hydrogens (tertiary/aromatic N) is 3. The maximum absolute atomic E-state index is 14.7. The molecular weight excluding hydrogens is 486 g/mol. The van der Waals surface area contributed by atoms with Gasteiger partial charge in [0.1, 0.15) is 5.82 Å². The van der Waals surface area contributed by atoms with Crippen molar-refractivity contribution < 1.29 is 9.50 Å². The van der Waals surface area contributed by atoms with E-state index in [9.17, 15) is 14.3 Å². The number of aromatic amines is 1. The zero-order valence-electron chi connectivity index (χ0n) is 15.8. The summed E-state index contributed by atoms with van der Waals surface area (Å²) in [5.74, 6) is -0.586. The molecular formula is C21H20FIN4O2. The first-order valence-corrected chi connectivity index (χ1v) is 10.3. The number of benzene rings is 2. The van der Waals surface area contributed by atoms with Gasteiger partial charge in [-0.3, -0.25) is 14.8 Å². The molecule has 6 nitrogen and oxygen atoms in total. The Labute approximate surface area is 180 Å². The molecule has 1 aromatic heterocycles. The summed E-state index contributed by atoms with van der Waals surface area (Å²) in [6.07, 6.45) is 1.45. The number of hydrogen-bond acceptors (Lipinski definition) is 5. The van der Waals surface area contributed by atoms with Crippen LogP contribution in [0.15, 0.2) is 46.2 Å². The van der Waals surface area contributed by atoms with Crippen LogP contribution in [0.1, 0.15) is 5.56 Å². The summed E-state index contributed by atoms with van der Waals surface area (Å²) in [5, 5.41) is 11.3. The van der Waals surface area contributed by atoms with Crippen molar-refractivity contribution in [1.29, 1.82) is 0 Å². The van der Waals surface area contributed by atoms with Gasteiger partial charge in [0, 0.05) is 52.8 Å². The van der Waals surface area contributed by atoms with Crippen LogP contribution in [-0.2, 0) is 0 Å². The Kier molecular flexibility index (Phi) is 5.55. The van der Waals surface area contributed by atoms with E-state index in [0.29, 0.717) is 27.7 Å². The predicted octanol–water partition coefficient (Wildman–Crippen LogP) is 3.48. The number of anilines is 1. The number of rotatable bonds is 3. The lowest BCUT2D eigenvalue weighted by Crippen LogP contribution is -2.44. The monoisotopic (exact) mass is 506 g/mol. The van der Waals surface area contributed by atoms with Crippen LogP contribution >= 0.6 is 22.6 Å². The zero-order valence-corrected chi connectivity index (χ0v) is 18.0. The summed E-state index contributed by atoms with van der Waals surface area (Å²) in [5.41, 5.74) is 1.03. The van der Waals surface area contributed by atoms with Gasteiger partial charge in [-0.05, 0) is 60.0 Å². The molecule has 0 amide bonds. The fourth-order valence-electron chi connectivity index (χ4n) is 3.46. The molecule has 4 rings (SSSR count). The highest BCUT2D eigenvalue weighted by molar-refractivity contribution is 14.1. The van der Waals surface area contributed by atoms with Gasteiger partial charge >= 0.3 is 0 Å². The summed E-state index contributed by atoms with van der Waals surface area (Å²) in [7, 11) is 2.06. The number of aliphatic imine (C=N–C) groups is 1. The molecule has 2 N–H and O–H groups in total. The Bertz CT molecular complexity index is 1150. The quantitative estimate of drug-likeness (QED) is 0.422. The first-order valence-electron chi connectivity index (χ1n) is 9.24. The molecule has 3 aromatic rings. The molecule has 29 heavy (non-hydrogen) atoms. The van der Waals surface area contributed by atoms with Gasteiger partial charge in [0.2, 0.25) is 5.88 Å². The Hall–Kier alpha value is -2.46. The number of aromatic nitrogens is 1. The lowest BCUT2D eigenvalue weighted by atomic mass is 10.1. The number of hydrogen-bond donors (Lipinski definition) is 2. The third kappa shape index (κ3) is 4.13. The molecule has 0 unspecified atom stereocenters. The topological polar surface area (TPSA) is 71.9 Å². The second-order valence-electron chi connectivity index (χ2n) is 7.09. The largest absolute Gasteiger partial charge is 0.494 e. The van der Waals surface area contributed by atoms with Crippen LogP contribution in [0.2, 0.25) is 0 Å². The van der Waals surface area contributed by atoms with E-state index in [-0.39, 0.29) is 17.3 Å². The highest BCUT2D eigenvalue weighted by atomic mass is 127. The van der Waals surface area contributed by atoms with Crippen molar-refractivity contribution in [3.05, 3.63) is 61.7 Å². The molecule has 2 heterocycles. The van der Waals surface area contributed by atoms with Gasteiger partial charge in [0.05, 0.1) is 16.9 Å². The number of aromatic hydroxyl groups is 1. The summed E-state index contributed by atoms with van der Waals surface area (Å²) in [4.78, 5) is 23.1. The SMILES string of the molecule is CN1CCN(c2ccc(N=Cc3c(O)[nH]c(=O)c4ccc(I)cc34)cc2F)CC1. The lowest BCUT2D eigenvalue weighted by Gasteiger charge is -2.34. The fourth-order valence-corrected chi connectivity index (χ4v) is 3.95. The van der Waals surface area contributed by atoms with Crippen LogP contribution in [-0.4, -0.2) is 54.4 Å². The number of likely N-dealkylation sites (N-methyl/N-ethyl adjacent to an activating group) is 1. The van der Waals surface area contributed by atoms with Crippen LogP contribution in [0.4, 0.5) is 15.8 Å². The highest BCUT2D eigenvalue weighted by Gasteiger charge is 2.17. The fraction of sp³-hybridized carbons (Fsp3) is 0.238. The number of piperazine rings is 1. The van der Waals surface area contributed by atoms with E-state index in [1.165, 1.54) is 12.3 Å². The molecule has 1 fully saturated rings. The maximum Gasteiger partial charge on any atom is 0.258 e. The Morgan fingerprint density at radius 2 is 1.90 bits per heavy atom. The molecule has 1 aliphatic rings. The van der Waals surface area contributed by atoms with Gasteiger partial charge in [0.25, 0.3) is 5.56 Å². The van der Waals surface area contributed by atoms with E-state index in [1.54, 1.807) is 18.2 Å². The van der Waals surface area contributed by atoms with Crippen molar-refractivity contribution >= 4 is 51.0 Å². The van der Waals surface area contributed by atoms with Crippen molar-refractivity contribution in [2.75, 3.05) is 38.1 Å². The molecule has 8 heteroatoms. The van der Waals surface area contributed by atoms with Crippen LogP contribution in [0.5, 0.6) is 5.88 Å². The van der Waals surface area contributed by atoms with E-state index < -0.39 is 0 Å². The highest BCUT2D eigenvalue weighted by Crippen LogP contribution is 2.27. The molecule has 0 bridgehead atoms. The van der Waals surface area contributed by atoms with Crippen molar-refractivity contribution in [1.82, 2.24) is 9.88 Å². The first kappa shape index (κ1) is 19.8. The normalized spacial score (nSPS) is 15.5. The molecule has 2 aromatic carbocycles. The van der Waals surface area contributed by atoms with Gasteiger partial charge < -0.3 is 14.9 Å². The van der Waals surface area contributed by atoms with E-state index in [2.05, 4.69) is 44.5 Å². The minimum Gasteiger partial charge on any atom is -0.494 e. The van der Waals surface area contributed by atoms with Crippen LogP contribution in [0.3, 0.4) is 0 Å². The minimum atomic E-state index is -0.367. The molecule has 0 radical (unpaired) electrons. The number of H-pyrrole nitrogens is 1. The Morgan fingerprint density at radius 1 is 1.14 bits per heavy atom. The van der Waals surface area contributed by atoms with Crippen LogP contribution < -0.4 is 10.5 Å². The van der Waals surface area contributed by atoms with Gasteiger partial charge in [-0.2, -0.15) is 0 Å². The van der Waals surface area contributed by atoms with E-state index in [1.807, 2.05) is 17.0 Å². The maximum atomic E-state index is 14.7. The lowest BCUT2D eigenvalue weighted by molar-refractivity contribution is 0.311. The predicted molar refractivity (Wildman–Crippen MR) is 122 cm³/mol. The van der Waals surface area contributed by atoms with E-state index in [4.69, 9.17) is 0 Å². The Balaban J connectivity index is 1.65. The van der Waals surface area contributed by atoms with Crippen LogP contribution in [0, 0.1) is 9.39 Å². The third-order valence-corrected chi connectivity index (χ3v) is 5.79. The number of pyridine rings is 1. The van der Waals surface area contributed by atoms with Gasteiger partial charge in [0.15, 0.2) is 0 Å². The van der Waals surface area contributed by atoms with Gasteiger partial charge in [-0.1, -0.05) is 0 Å². The number of halogens is 2. The summed E-state index contributed by atoms with van der Waals surface area (Å²) >= 11 is 2.14. The number of nitrogens with one attached hydrogen (secondary N) is 1.